The standard InChI is InChI=1S/C9H15N3O/c1-3-7(4-2)13-9-11-6-5-8(10)12-9/h5-7H,3-4H2,1-2H3,(H2,10,11,12). The van der Waals surface area contributed by atoms with Crippen LogP contribution in [0.2, 0.25) is 0 Å². The zero-order chi connectivity index (χ0) is 9.68. The highest BCUT2D eigenvalue weighted by Gasteiger charge is 2.06. The molecule has 1 rings (SSSR count). The van der Waals surface area contributed by atoms with Crippen molar-refractivity contribution in [3.63, 3.8) is 0 Å². The van der Waals surface area contributed by atoms with Crippen molar-refractivity contribution < 1.29 is 4.74 Å². The Balaban J connectivity index is 2.62. The van der Waals surface area contributed by atoms with E-state index in [0.29, 0.717) is 11.8 Å². The predicted molar refractivity (Wildman–Crippen MR) is 51.4 cm³/mol. The molecule has 0 saturated carbocycles. The van der Waals surface area contributed by atoms with Gasteiger partial charge >= 0.3 is 6.01 Å². The zero-order valence-electron chi connectivity index (χ0n) is 8.03. The van der Waals surface area contributed by atoms with E-state index in [1.54, 1.807) is 12.3 Å². The molecule has 72 valence electrons. The van der Waals surface area contributed by atoms with Crippen LogP contribution >= 0.6 is 0 Å². The van der Waals surface area contributed by atoms with Crippen LogP contribution < -0.4 is 10.5 Å². The molecule has 0 saturated heterocycles. The van der Waals surface area contributed by atoms with Crippen LogP contribution in [0.5, 0.6) is 6.01 Å². The minimum Gasteiger partial charge on any atom is -0.460 e. The fraction of sp³-hybridized carbons (Fsp3) is 0.556. The summed E-state index contributed by atoms with van der Waals surface area (Å²) in [5, 5.41) is 0. The van der Waals surface area contributed by atoms with E-state index >= 15 is 0 Å². The third kappa shape index (κ3) is 2.89. The maximum Gasteiger partial charge on any atom is 0.318 e. The van der Waals surface area contributed by atoms with E-state index in [0.717, 1.165) is 12.8 Å². The van der Waals surface area contributed by atoms with Crippen molar-refractivity contribution in [2.75, 3.05) is 5.73 Å². The monoisotopic (exact) mass is 181 g/mol. The number of aromatic nitrogens is 2. The van der Waals surface area contributed by atoms with Gasteiger partial charge in [0.05, 0.1) is 0 Å². The van der Waals surface area contributed by atoms with Gasteiger partial charge in [-0.15, -0.1) is 0 Å². The minimum absolute atomic E-state index is 0.182. The summed E-state index contributed by atoms with van der Waals surface area (Å²) in [6.07, 6.45) is 3.69. The molecule has 1 aromatic rings. The van der Waals surface area contributed by atoms with Crippen LogP contribution in [0, 0.1) is 0 Å². The van der Waals surface area contributed by atoms with Crippen molar-refractivity contribution in [1.82, 2.24) is 9.97 Å². The first-order valence-corrected chi connectivity index (χ1v) is 4.51. The lowest BCUT2D eigenvalue weighted by molar-refractivity contribution is 0.176. The number of nitrogens with two attached hydrogens (primary N) is 1. The minimum atomic E-state index is 0.182. The van der Waals surface area contributed by atoms with Crippen LogP contribution in [-0.2, 0) is 0 Å². The van der Waals surface area contributed by atoms with E-state index in [9.17, 15) is 0 Å². The van der Waals surface area contributed by atoms with Gasteiger partial charge in [0.2, 0.25) is 0 Å². The van der Waals surface area contributed by atoms with Crippen molar-refractivity contribution in [2.24, 2.45) is 0 Å². The van der Waals surface area contributed by atoms with Crippen LogP contribution in [0.25, 0.3) is 0 Å². The smallest absolute Gasteiger partial charge is 0.318 e. The summed E-state index contributed by atoms with van der Waals surface area (Å²) in [4.78, 5) is 7.92. The molecular formula is C9H15N3O. The first kappa shape index (κ1) is 9.77. The second-order valence-corrected chi connectivity index (χ2v) is 2.82. The fourth-order valence-corrected chi connectivity index (χ4v) is 1.02. The molecule has 4 nitrogen and oxygen atoms in total. The molecule has 4 heteroatoms. The van der Waals surface area contributed by atoms with Gasteiger partial charge in [0, 0.05) is 6.20 Å². The van der Waals surface area contributed by atoms with Gasteiger partial charge in [-0.2, -0.15) is 4.98 Å². The van der Waals surface area contributed by atoms with Crippen LogP contribution in [0.4, 0.5) is 5.82 Å². The lowest BCUT2D eigenvalue weighted by Gasteiger charge is -2.13. The molecule has 0 radical (unpaired) electrons. The second kappa shape index (κ2) is 4.64. The summed E-state index contributed by atoms with van der Waals surface area (Å²) in [5.41, 5.74) is 5.49. The lowest BCUT2D eigenvalue weighted by atomic mass is 10.2. The van der Waals surface area contributed by atoms with Crippen molar-refractivity contribution >= 4 is 5.82 Å². The molecule has 1 heterocycles. The number of ether oxygens (including phenoxy) is 1. The fourth-order valence-electron chi connectivity index (χ4n) is 1.02. The van der Waals surface area contributed by atoms with Crippen molar-refractivity contribution in [3.05, 3.63) is 12.3 Å². The van der Waals surface area contributed by atoms with Crippen molar-refractivity contribution in [1.29, 1.82) is 0 Å². The largest absolute Gasteiger partial charge is 0.460 e. The molecule has 0 bridgehead atoms. The topological polar surface area (TPSA) is 61.0 Å². The average Bonchev–Trinajstić information content (AvgIpc) is 2.14. The predicted octanol–water partition coefficient (Wildman–Crippen LogP) is 1.63. The Morgan fingerprint density at radius 2 is 2.15 bits per heavy atom. The summed E-state index contributed by atoms with van der Waals surface area (Å²) < 4.78 is 5.49. The van der Waals surface area contributed by atoms with Crippen LogP contribution in [0.3, 0.4) is 0 Å². The van der Waals surface area contributed by atoms with E-state index in [-0.39, 0.29) is 6.10 Å². The Kier molecular flexibility index (Phi) is 3.49. The van der Waals surface area contributed by atoms with Gasteiger partial charge in [0.25, 0.3) is 0 Å². The molecule has 0 amide bonds. The number of nitrogen functional groups attached to an aromatic ring is 1. The first-order chi connectivity index (χ1) is 6.26. The molecule has 13 heavy (non-hydrogen) atoms. The Morgan fingerprint density at radius 3 is 2.69 bits per heavy atom. The third-order valence-electron chi connectivity index (χ3n) is 1.84. The normalized spacial score (nSPS) is 10.4. The number of rotatable bonds is 4. The quantitative estimate of drug-likeness (QED) is 0.766. The summed E-state index contributed by atoms with van der Waals surface area (Å²) >= 11 is 0. The number of nitrogens with zero attached hydrogens (tertiary/aromatic N) is 2. The van der Waals surface area contributed by atoms with E-state index < -0.39 is 0 Å². The van der Waals surface area contributed by atoms with Crippen molar-refractivity contribution in [2.45, 2.75) is 32.8 Å². The molecular weight excluding hydrogens is 166 g/mol. The van der Waals surface area contributed by atoms with Gasteiger partial charge in [-0.3, -0.25) is 0 Å². The third-order valence-corrected chi connectivity index (χ3v) is 1.84. The van der Waals surface area contributed by atoms with Gasteiger partial charge in [0.15, 0.2) is 0 Å². The number of anilines is 1. The summed E-state index contributed by atoms with van der Waals surface area (Å²) in [6.45, 7) is 4.14. The zero-order valence-corrected chi connectivity index (χ0v) is 8.03. The molecule has 0 unspecified atom stereocenters. The molecule has 0 aliphatic carbocycles. The Morgan fingerprint density at radius 1 is 1.46 bits per heavy atom. The van der Waals surface area contributed by atoms with E-state index in [2.05, 4.69) is 23.8 Å². The Bertz CT molecular complexity index is 261. The highest BCUT2D eigenvalue weighted by atomic mass is 16.5. The van der Waals surface area contributed by atoms with Crippen LogP contribution in [0.1, 0.15) is 26.7 Å². The maximum absolute atomic E-state index is 5.49. The molecule has 0 aliphatic rings. The van der Waals surface area contributed by atoms with Gasteiger partial charge in [0.1, 0.15) is 11.9 Å². The van der Waals surface area contributed by atoms with Gasteiger partial charge in [-0.05, 0) is 18.9 Å². The van der Waals surface area contributed by atoms with E-state index in [1.807, 2.05) is 0 Å². The first-order valence-electron chi connectivity index (χ1n) is 4.51. The van der Waals surface area contributed by atoms with Gasteiger partial charge < -0.3 is 10.5 Å². The summed E-state index contributed by atoms with van der Waals surface area (Å²) in [5.74, 6) is 0.441. The van der Waals surface area contributed by atoms with Gasteiger partial charge in [-0.25, -0.2) is 4.98 Å². The highest BCUT2D eigenvalue weighted by molar-refractivity contribution is 5.26. The maximum atomic E-state index is 5.49. The number of hydrogen-bond acceptors (Lipinski definition) is 4. The molecule has 0 atom stereocenters. The molecule has 0 aliphatic heterocycles. The summed E-state index contributed by atoms with van der Waals surface area (Å²) in [7, 11) is 0. The average molecular weight is 181 g/mol. The van der Waals surface area contributed by atoms with E-state index in [1.165, 1.54) is 0 Å². The number of hydrogen-bond donors (Lipinski definition) is 1. The molecule has 0 fully saturated rings. The van der Waals surface area contributed by atoms with Crippen LogP contribution in [-0.4, -0.2) is 16.1 Å². The second-order valence-electron chi connectivity index (χ2n) is 2.82. The summed E-state index contributed by atoms with van der Waals surface area (Å²) in [6, 6.07) is 2.01. The van der Waals surface area contributed by atoms with Gasteiger partial charge in [-0.1, -0.05) is 13.8 Å². The molecule has 0 aromatic carbocycles. The Labute approximate surface area is 78.1 Å². The molecule has 2 N–H and O–H groups in total. The molecule has 1 aromatic heterocycles. The van der Waals surface area contributed by atoms with Crippen molar-refractivity contribution in [3.8, 4) is 6.01 Å². The van der Waals surface area contributed by atoms with Crippen LogP contribution in [0.15, 0.2) is 12.3 Å². The Hall–Kier alpha value is -1.32. The highest BCUT2D eigenvalue weighted by Crippen LogP contribution is 2.09. The lowest BCUT2D eigenvalue weighted by Crippen LogP contribution is -2.15. The molecule has 0 spiro atoms. The van der Waals surface area contributed by atoms with E-state index in [4.69, 9.17) is 10.5 Å². The SMILES string of the molecule is CCC(CC)Oc1nccc(N)n1.